The van der Waals surface area contributed by atoms with E-state index in [1.165, 1.54) is 0 Å². The summed E-state index contributed by atoms with van der Waals surface area (Å²) in [6, 6.07) is 9.01. The highest BCUT2D eigenvalue weighted by Gasteiger charge is 2.10. The fourth-order valence-electron chi connectivity index (χ4n) is 1.83. The SMILES string of the molecule is CCOCCNc1cc(C(=O)O)nc2ccccc12. The molecule has 5 nitrogen and oxygen atoms in total. The number of nitrogens with one attached hydrogen (secondary N) is 1. The lowest BCUT2D eigenvalue weighted by atomic mass is 10.1. The number of fused-ring (bicyclic) bond motifs is 1. The number of carboxylic acids is 1. The molecule has 100 valence electrons. The molecule has 2 rings (SSSR count). The van der Waals surface area contributed by atoms with E-state index in [0.29, 0.717) is 25.3 Å². The van der Waals surface area contributed by atoms with Crippen molar-refractivity contribution in [3.63, 3.8) is 0 Å². The van der Waals surface area contributed by atoms with Gasteiger partial charge < -0.3 is 15.2 Å². The van der Waals surface area contributed by atoms with Crippen molar-refractivity contribution in [1.29, 1.82) is 0 Å². The summed E-state index contributed by atoms with van der Waals surface area (Å²) in [6.07, 6.45) is 0. The quantitative estimate of drug-likeness (QED) is 0.780. The van der Waals surface area contributed by atoms with E-state index in [1.807, 2.05) is 25.1 Å². The zero-order valence-electron chi connectivity index (χ0n) is 10.7. The third-order valence-electron chi connectivity index (χ3n) is 2.70. The summed E-state index contributed by atoms with van der Waals surface area (Å²) in [5.74, 6) is -1.03. The number of nitrogens with zero attached hydrogens (tertiary/aromatic N) is 1. The number of aromatic carboxylic acids is 1. The van der Waals surface area contributed by atoms with Gasteiger partial charge in [-0.05, 0) is 19.1 Å². The van der Waals surface area contributed by atoms with Gasteiger partial charge in [0.15, 0.2) is 5.69 Å². The highest BCUT2D eigenvalue weighted by molar-refractivity contribution is 5.97. The van der Waals surface area contributed by atoms with Gasteiger partial charge in [-0.1, -0.05) is 18.2 Å². The average molecular weight is 260 g/mol. The van der Waals surface area contributed by atoms with Crippen molar-refractivity contribution in [2.75, 3.05) is 25.1 Å². The number of carbonyl (C=O) groups is 1. The number of anilines is 1. The Morgan fingerprint density at radius 3 is 2.95 bits per heavy atom. The third kappa shape index (κ3) is 3.20. The van der Waals surface area contributed by atoms with Crippen LogP contribution in [0.1, 0.15) is 17.4 Å². The normalized spacial score (nSPS) is 10.6. The lowest BCUT2D eigenvalue weighted by Crippen LogP contribution is -2.11. The lowest BCUT2D eigenvalue weighted by molar-refractivity contribution is 0.0691. The predicted octanol–water partition coefficient (Wildman–Crippen LogP) is 2.38. The van der Waals surface area contributed by atoms with Crippen LogP contribution in [0.25, 0.3) is 10.9 Å². The largest absolute Gasteiger partial charge is 0.477 e. The average Bonchev–Trinajstić information content (AvgIpc) is 2.43. The molecule has 0 spiro atoms. The molecule has 0 aliphatic carbocycles. The van der Waals surface area contributed by atoms with E-state index in [-0.39, 0.29) is 5.69 Å². The Labute approximate surface area is 111 Å². The van der Waals surface area contributed by atoms with Crippen molar-refractivity contribution in [2.24, 2.45) is 0 Å². The number of pyridine rings is 1. The fourth-order valence-corrected chi connectivity index (χ4v) is 1.83. The molecule has 0 amide bonds. The number of carboxylic acid groups (broad SMARTS) is 1. The van der Waals surface area contributed by atoms with E-state index in [4.69, 9.17) is 9.84 Å². The van der Waals surface area contributed by atoms with Crippen LogP contribution in [0, 0.1) is 0 Å². The molecule has 0 aliphatic rings. The third-order valence-corrected chi connectivity index (χ3v) is 2.70. The summed E-state index contributed by atoms with van der Waals surface area (Å²) >= 11 is 0. The highest BCUT2D eigenvalue weighted by atomic mass is 16.5. The van der Waals surface area contributed by atoms with Crippen molar-refractivity contribution in [2.45, 2.75) is 6.92 Å². The minimum Gasteiger partial charge on any atom is -0.477 e. The first-order valence-corrected chi connectivity index (χ1v) is 6.17. The van der Waals surface area contributed by atoms with Gasteiger partial charge in [-0.2, -0.15) is 0 Å². The molecule has 0 aliphatic heterocycles. The first-order chi connectivity index (χ1) is 9.22. The summed E-state index contributed by atoms with van der Waals surface area (Å²) in [5, 5.41) is 13.2. The molecule has 2 N–H and O–H groups in total. The number of para-hydroxylation sites is 1. The second kappa shape index (κ2) is 6.15. The lowest BCUT2D eigenvalue weighted by Gasteiger charge is -2.10. The van der Waals surface area contributed by atoms with Gasteiger partial charge >= 0.3 is 5.97 Å². The molecule has 0 unspecified atom stereocenters. The molecular formula is C14H16N2O3. The topological polar surface area (TPSA) is 71.5 Å². The maximum absolute atomic E-state index is 11.1. The van der Waals surface area contributed by atoms with Crippen LogP contribution in [-0.2, 0) is 4.74 Å². The van der Waals surface area contributed by atoms with Gasteiger partial charge in [-0.25, -0.2) is 9.78 Å². The number of hydrogen-bond acceptors (Lipinski definition) is 4. The Bertz CT molecular complexity index is 584. The molecule has 1 aromatic carbocycles. The van der Waals surface area contributed by atoms with E-state index < -0.39 is 5.97 Å². The van der Waals surface area contributed by atoms with Crippen LogP contribution in [0.3, 0.4) is 0 Å². The zero-order chi connectivity index (χ0) is 13.7. The van der Waals surface area contributed by atoms with E-state index in [9.17, 15) is 4.79 Å². The Balaban J connectivity index is 2.31. The molecule has 19 heavy (non-hydrogen) atoms. The van der Waals surface area contributed by atoms with Crippen LogP contribution >= 0.6 is 0 Å². The number of rotatable bonds is 6. The van der Waals surface area contributed by atoms with Gasteiger partial charge in [0.2, 0.25) is 0 Å². The van der Waals surface area contributed by atoms with Crippen LogP contribution in [0.5, 0.6) is 0 Å². The second-order valence-corrected chi connectivity index (χ2v) is 4.00. The molecule has 5 heteroatoms. The number of hydrogen-bond donors (Lipinski definition) is 2. The van der Waals surface area contributed by atoms with Crippen molar-refractivity contribution < 1.29 is 14.6 Å². The molecule has 0 atom stereocenters. The number of ether oxygens (including phenoxy) is 1. The molecule has 0 fully saturated rings. The molecule has 1 heterocycles. The van der Waals surface area contributed by atoms with Crippen molar-refractivity contribution >= 4 is 22.6 Å². The number of benzene rings is 1. The van der Waals surface area contributed by atoms with Crippen molar-refractivity contribution in [1.82, 2.24) is 4.98 Å². The number of aromatic nitrogens is 1. The van der Waals surface area contributed by atoms with E-state index in [2.05, 4.69) is 10.3 Å². The summed E-state index contributed by atoms with van der Waals surface area (Å²) in [7, 11) is 0. The maximum Gasteiger partial charge on any atom is 0.354 e. The van der Waals surface area contributed by atoms with Gasteiger partial charge in [0.25, 0.3) is 0 Å². The van der Waals surface area contributed by atoms with Crippen LogP contribution < -0.4 is 5.32 Å². The van der Waals surface area contributed by atoms with Gasteiger partial charge in [0.05, 0.1) is 12.1 Å². The van der Waals surface area contributed by atoms with Crippen molar-refractivity contribution in [3.05, 3.63) is 36.0 Å². The van der Waals surface area contributed by atoms with Crippen molar-refractivity contribution in [3.8, 4) is 0 Å². The molecule has 1 aromatic heterocycles. The summed E-state index contributed by atoms with van der Waals surface area (Å²) < 4.78 is 5.25. The van der Waals surface area contributed by atoms with Crippen LogP contribution in [0.2, 0.25) is 0 Å². The van der Waals surface area contributed by atoms with Gasteiger partial charge in [0, 0.05) is 24.2 Å². The van der Waals surface area contributed by atoms with E-state index in [0.717, 1.165) is 11.1 Å². The molecule has 2 aromatic rings. The first-order valence-electron chi connectivity index (χ1n) is 6.17. The van der Waals surface area contributed by atoms with E-state index >= 15 is 0 Å². The fraction of sp³-hybridized carbons (Fsp3) is 0.286. The summed E-state index contributed by atoms with van der Waals surface area (Å²) in [4.78, 5) is 15.2. The van der Waals surface area contributed by atoms with Crippen LogP contribution in [0.4, 0.5) is 5.69 Å². The monoisotopic (exact) mass is 260 g/mol. The van der Waals surface area contributed by atoms with Crippen LogP contribution in [-0.4, -0.2) is 35.8 Å². The molecule has 0 radical (unpaired) electrons. The van der Waals surface area contributed by atoms with Gasteiger partial charge in [-0.3, -0.25) is 0 Å². The highest BCUT2D eigenvalue weighted by Crippen LogP contribution is 2.22. The Hall–Kier alpha value is -2.14. The van der Waals surface area contributed by atoms with Gasteiger partial charge in [0.1, 0.15) is 0 Å². The van der Waals surface area contributed by atoms with E-state index in [1.54, 1.807) is 12.1 Å². The van der Waals surface area contributed by atoms with Gasteiger partial charge in [-0.15, -0.1) is 0 Å². The minimum atomic E-state index is -1.03. The second-order valence-electron chi connectivity index (χ2n) is 4.00. The Kier molecular flexibility index (Phi) is 4.30. The zero-order valence-corrected chi connectivity index (χ0v) is 10.7. The smallest absolute Gasteiger partial charge is 0.354 e. The molecule has 0 bridgehead atoms. The first kappa shape index (κ1) is 13.3. The molecular weight excluding hydrogens is 244 g/mol. The standard InChI is InChI=1S/C14H16N2O3/c1-2-19-8-7-15-12-9-13(14(17)18)16-11-6-4-3-5-10(11)12/h3-6,9H,2,7-8H2,1H3,(H,15,16)(H,17,18). The summed E-state index contributed by atoms with van der Waals surface area (Å²) in [5.41, 5.74) is 1.47. The maximum atomic E-state index is 11.1. The predicted molar refractivity (Wildman–Crippen MR) is 73.7 cm³/mol. The molecule has 0 saturated carbocycles. The van der Waals surface area contributed by atoms with Crippen LogP contribution in [0.15, 0.2) is 30.3 Å². The summed E-state index contributed by atoms with van der Waals surface area (Å²) in [6.45, 7) is 3.81. The molecule has 0 saturated heterocycles. The minimum absolute atomic E-state index is 0.0395. The Morgan fingerprint density at radius 1 is 1.42 bits per heavy atom. The Morgan fingerprint density at radius 2 is 2.21 bits per heavy atom.